The average Bonchev–Trinajstić information content (AvgIpc) is 2.88. The quantitative estimate of drug-likeness (QED) is 0.572. The molecule has 9 heteroatoms. The number of hydrogen-bond acceptors (Lipinski definition) is 6. The van der Waals surface area contributed by atoms with Crippen molar-refractivity contribution in [2.24, 2.45) is 5.92 Å². The fourth-order valence-electron chi connectivity index (χ4n) is 4.98. The summed E-state index contributed by atoms with van der Waals surface area (Å²) in [6.45, 7) is 5.39. The Morgan fingerprint density at radius 3 is 2.59 bits per heavy atom. The van der Waals surface area contributed by atoms with E-state index < -0.39 is 10.0 Å². The predicted molar refractivity (Wildman–Crippen MR) is 131 cm³/mol. The molecule has 0 bridgehead atoms. The standard InChI is InChI=1S/C25H29N5O3S/c1-19-16-24(22-8-2-3-9-23(22)27-19)28-12-14-29(15-13-28)25(31)20-6-5-11-30(18-20)34(32,33)21-7-4-10-26-17-21/h2-4,7-10,16-17,20H,5-6,11-15,18H2,1H3. The number of aryl methyl sites for hydroxylation is 1. The van der Waals surface area contributed by atoms with E-state index in [1.54, 1.807) is 18.3 Å². The maximum atomic E-state index is 13.3. The van der Waals surface area contributed by atoms with Crippen LogP contribution in [0.4, 0.5) is 5.69 Å². The van der Waals surface area contributed by atoms with Crippen LogP contribution in [0.2, 0.25) is 0 Å². The van der Waals surface area contributed by atoms with Gasteiger partial charge in [-0.2, -0.15) is 4.31 Å². The maximum absolute atomic E-state index is 13.3. The molecule has 5 rings (SSSR count). The number of anilines is 1. The van der Waals surface area contributed by atoms with Crippen molar-refractivity contribution in [2.45, 2.75) is 24.7 Å². The number of hydrogen-bond donors (Lipinski definition) is 0. The van der Waals surface area contributed by atoms with Crippen LogP contribution in [0.5, 0.6) is 0 Å². The van der Waals surface area contributed by atoms with E-state index in [1.165, 1.54) is 10.5 Å². The van der Waals surface area contributed by atoms with Gasteiger partial charge in [0.1, 0.15) is 4.90 Å². The zero-order valence-electron chi connectivity index (χ0n) is 19.3. The number of benzene rings is 1. The molecule has 178 valence electrons. The molecule has 1 atom stereocenters. The number of carbonyl (C=O) groups is 1. The number of rotatable bonds is 4. The fourth-order valence-corrected chi connectivity index (χ4v) is 6.47. The molecule has 2 aliphatic heterocycles. The molecule has 34 heavy (non-hydrogen) atoms. The minimum Gasteiger partial charge on any atom is -0.367 e. The summed E-state index contributed by atoms with van der Waals surface area (Å²) >= 11 is 0. The lowest BCUT2D eigenvalue weighted by molar-refractivity contribution is -0.137. The molecular formula is C25H29N5O3S. The van der Waals surface area contributed by atoms with Crippen LogP contribution in [-0.2, 0) is 14.8 Å². The smallest absolute Gasteiger partial charge is 0.244 e. The first kappa shape index (κ1) is 22.7. The molecule has 1 aromatic carbocycles. The number of amides is 1. The van der Waals surface area contributed by atoms with Crippen LogP contribution in [-0.4, -0.2) is 72.8 Å². The van der Waals surface area contributed by atoms with Crippen molar-refractivity contribution in [1.82, 2.24) is 19.2 Å². The number of para-hydroxylation sites is 1. The largest absolute Gasteiger partial charge is 0.367 e. The van der Waals surface area contributed by atoms with Crippen LogP contribution < -0.4 is 4.90 Å². The van der Waals surface area contributed by atoms with Gasteiger partial charge in [-0.1, -0.05) is 18.2 Å². The summed E-state index contributed by atoms with van der Waals surface area (Å²) in [6.07, 6.45) is 4.31. The summed E-state index contributed by atoms with van der Waals surface area (Å²) < 4.78 is 27.5. The highest BCUT2D eigenvalue weighted by Gasteiger charge is 2.36. The molecule has 8 nitrogen and oxygen atoms in total. The van der Waals surface area contributed by atoms with Gasteiger partial charge < -0.3 is 9.80 Å². The lowest BCUT2D eigenvalue weighted by Gasteiger charge is -2.39. The number of sulfonamides is 1. The molecule has 2 fully saturated rings. The van der Waals surface area contributed by atoms with E-state index in [1.807, 2.05) is 30.0 Å². The van der Waals surface area contributed by atoms with Gasteiger partial charge in [0.15, 0.2) is 0 Å². The molecule has 0 radical (unpaired) electrons. The predicted octanol–water partition coefficient (Wildman–Crippen LogP) is 2.69. The second-order valence-electron chi connectivity index (χ2n) is 9.00. The molecule has 3 aromatic rings. The molecule has 2 saturated heterocycles. The van der Waals surface area contributed by atoms with E-state index in [9.17, 15) is 13.2 Å². The Labute approximate surface area is 200 Å². The molecule has 0 spiro atoms. The van der Waals surface area contributed by atoms with E-state index in [0.29, 0.717) is 32.5 Å². The van der Waals surface area contributed by atoms with Crippen molar-refractivity contribution in [2.75, 3.05) is 44.2 Å². The first-order valence-electron chi connectivity index (χ1n) is 11.7. The van der Waals surface area contributed by atoms with E-state index in [0.717, 1.165) is 35.4 Å². The monoisotopic (exact) mass is 479 g/mol. The van der Waals surface area contributed by atoms with Crippen LogP contribution in [0, 0.1) is 12.8 Å². The Morgan fingerprint density at radius 1 is 1.03 bits per heavy atom. The van der Waals surface area contributed by atoms with E-state index in [2.05, 4.69) is 27.0 Å². The molecule has 1 unspecified atom stereocenters. The van der Waals surface area contributed by atoms with Crippen LogP contribution >= 0.6 is 0 Å². The van der Waals surface area contributed by atoms with Gasteiger partial charge in [-0.25, -0.2) is 8.42 Å². The number of fused-ring (bicyclic) bond motifs is 1. The molecule has 2 aliphatic rings. The SMILES string of the molecule is Cc1cc(N2CCN(C(=O)C3CCCN(S(=O)(=O)c4cccnc4)C3)CC2)c2ccccc2n1. The molecule has 0 saturated carbocycles. The summed E-state index contributed by atoms with van der Waals surface area (Å²) in [7, 11) is -3.64. The highest BCUT2D eigenvalue weighted by molar-refractivity contribution is 7.89. The Hall–Kier alpha value is -3.04. The molecule has 2 aromatic heterocycles. The topological polar surface area (TPSA) is 86.7 Å². The number of aromatic nitrogens is 2. The number of nitrogens with zero attached hydrogens (tertiary/aromatic N) is 5. The van der Waals surface area contributed by atoms with E-state index in [4.69, 9.17) is 0 Å². The lowest BCUT2D eigenvalue weighted by atomic mass is 9.97. The summed E-state index contributed by atoms with van der Waals surface area (Å²) in [5.74, 6) is -0.253. The van der Waals surface area contributed by atoms with Crippen molar-refractivity contribution in [3.63, 3.8) is 0 Å². The Kier molecular flexibility index (Phi) is 6.22. The van der Waals surface area contributed by atoms with Crippen LogP contribution in [0.3, 0.4) is 0 Å². The maximum Gasteiger partial charge on any atom is 0.244 e. The Morgan fingerprint density at radius 2 is 1.82 bits per heavy atom. The minimum absolute atomic E-state index is 0.0569. The molecule has 0 N–H and O–H groups in total. The number of pyridine rings is 2. The van der Waals surface area contributed by atoms with E-state index >= 15 is 0 Å². The Balaban J connectivity index is 1.26. The average molecular weight is 480 g/mol. The van der Waals surface area contributed by atoms with Crippen LogP contribution in [0.15, 0.2) is 59.8 Å². The van der Waals surface area contributed by atoms with Gasteiger partial charge in [0.25, 0.3) is 0 Å². The molecular weight excluding hydrogens is 450 g/mol. The molecule has 1 amide bonds. The summed E-state index contributed by atoms with van der Waals surface area (Å²) in [5, 5.41) is 1.12. The third kappa shape index (κ3) is 4.37. The summed E-state index contributed by atoms with van der Waals surface area (Å²) in [6, 6.07) is 13.4. The normalized spacial score (nSPS) is 20.0. The number of piperazine rings is 1. The highest BCUT2D eigenvalue weighted by atomic mass is 32.2. The third-order valence-electron chi connectivity index (χ3n) is 6.76. The van der Waals surface area contributed by atoms with Crippen molar-refractivity contribution < 1.29 is 13.2 Å². The number of piperidine rings is 1. The summed E-state index contributed by atoms with van der Waals surface area (Å²) in [5.41, 5.74) is 3.11. The minimum atomic E-state index is -3.64. The lowest BCUT2D eigenvalue weighted by Crippen LogP contribution is -2.53. The molecule has 4 heterocycles. The van der Waals surface area contributed by atoms with Crippen molar-refractivity contribution in [1.29, 1.82) is 0 Å². The summed E-state index contributed by atoms with van der Waals surface area (Å²) in [4.78, 5) is 26.3. The van der Waals surface area contributed by atoms with Crippen LogP contribution in [0.25, 0.3) is 10.9 Å². The van der Waals surface area contributed by atoms with Crippen molar-refractivity contribution >= 4 is 32.5 Å². The van der Waals surface area contributed by atoms with Gasteiger partial charge in [-0.3, -0.25) is 14.8 Å². The van der Waals surface area contributed by atoms with Gasteiger partial charge >= 0.3 is 0 Å². The van der Waals surface area contributed by atoms with E-state index in [-0.39, 0.29) is 23.3 Å². The van der Waals surface area contributed by atoms with Gasteiger partial charge in [0.2, 0.25) is 15.9 Å². The fraction of sp³-hybridized carbons (Fsp3) is 0.400. The second kappa shape index (κ2) is 9.31. The Bertz CT molecular complexity index is 1290. The van der Waals surface area contributed by atoms with Gasteiger partial charge in [-0.05, 0) is 44.0 Å². The van der Waals surface area contributed by atoms with Gasteiger partial charge in [0, 0.05) is 68.4 Å². The first-order chi connectivity index (χ1) is 16.4. The highest BCUT2D eigenvalue weighted by Crippen LogP contribution is 2.29. The first-order valence-corrected chi connectivity index (χ1v) is 13.2. The van der Waals surface area contributed by atoms with Gasteiger partial charge in [-0.15, -0.1) is 0 Å². The van der Waals surface area contributed by atoms with Crippen molar-refractivity contribution in [3.05, 3.63) is 60.6 Å². The van der Waals surface area contributed by atoms with Gasteiger partial charge in [0.05, 0.1) is 11.4 Å². The van der Waals surface area contributed by atoms with Crippen LogP contribution in [0.1, 0.15) is 18.5 Å². The zero-order chi connectivity index (χ0) is 23.7. The second-order valence-corrected chi connectivity index (χ2v) is 10.9. The van der Waals surface area contributed by atoms with Crippen molar-refractivity contribution in [3.8, 4) is 0 Å². The number of carbonyl (C=O) groups excluding carboxylic acids is 1. The third-order valence-corrected chi connectivity index (χ3v) is 8.61. The zero-order valence-corrected chi connectivity index (χ0v) is 20.1. The molecule has 0 aliphatic carbocycles.